The lowest BCUT2D eigenvalue weighted by atomic mass is 10.2. The largest absolute Gasteiger partial charge is 0.352 e. The fourth-order valence-corrected chi connectivity index (χ4v) is 3.32. The summed E-state index contributed by atoms with van der Waals surface area (Å²) in [6.07, 6.45) is 1.39. The van der Waals surface area contributed by atoms with Crippen LogP contribution >= 0.6 is 0 Å². The van der Waals surface area contributed by atoms with Gasteiger partial charge in [0.05, 0.1) is 11.1 Å². The third kappa shape index (κ3) is 2.88. The second-order valence-electron chi connectivity index (χ2n) is 5.30. The summed E-state index contributed by atoms with van der Waals surface area (Å²) < 4.78 is 25.9. The van der Waals surface area contributed by atoms with E-state index >= 15 is 0 Å². The van der Waals surface area contributed by atoms with Gasteiger partial charge < -0.3 is 5.32 Å². The molecule has 9 nitrogen and oxygen atoms in total. The summed E-state index contributed by atoms with van der Waals surface area (Å²) in [5, 5.41) is 9.69. The molecule has 1 aromatic carbocycles. The average molecular weight is 348 g/mol. The zero-order valence-electron chi connectivity index (χ0n) is 13.1. The molecule has 0 unspecified atom stereocenters. The molecule has 24 heavy (non-hydrogen) atoms. The Kier molecular flexibility index (Phi) is 4.08. The summed E-state index contributed by atoms with van der Waals surface area (Å²) in [5.41, 5.74) is 0.597. The maximum absolute atomic E-state index is 12.4. The number of hydrogen-bond acceptors (Lipinski definition) is 6. The first-order valence-electron chi connectivity index (χ1n) is 7.07. The van der Waals surface area contributed by atoms with Crippen molar-refractivity contribution in [1.29, 1.82) is 0 Å². The van der Waals surface area contributed by atoms with E-state index in [1.807, 2.05) is 0 Å². The maximum Gasteiger partial charge on any atom is 0.263 e. The van der Waals surface area contributed by atoms with Gasteiger partial charge in [0.25, 0.3) is 5.56 Å². The van der Waals surface area contributed by atoms with Crippen LogP contribution in [0.15, 0.2) is 40.2 Å². The molecule has 0 aliphatic carbocycles. The van der Waals surface area contributed by atoms with Crippen molar-refractivity contribution in [2.45, 2.75) is 11.4 Å². The van der Waals surface area contributed by atoms with Crippen LogP contribution in [0, 0.1) is 0 Å². The van der Waals surface area contributed by atoms with E-state index in [2.05, 4.69) is 25.5 Å². The summed E-state index contributed by atoms with van der Waals surface area (Å²) in [6, 6.07) is 6.66. The smallest absolute Gasteiger partial charge is 0.263 e. The summed E-state index contributed by atoms with van der Waals surface area (Å²) in [4.78, 5) is 18.9. The van der Waals surface area contributed by atoms with Crippen LogP contribution in [0.1, 0.15) is 5.56 Å². The number of fused-ring (bicyclic) bond motifs is 1. The number of benzene rings is 1. The number of nitrogens with one attached hydrogen (secondary N) is 3. The predicted molar refractivity (Wildman–Crippen MR) is 89.2 cm³/mol. The van der Waals surface area contributed by atoms with Gasteiger partial charge >= 0.3 is 0 Å². The molecule has 0 aliphatic rings. The van der Waals surface area contributed by atoms with Gasteiger partial charge in [0.1, 0.15) is 5.39 Å². The van der Waals surface area contributed by atoms with Crippen LogP contribution in [0.25, 0.3) is 11.0 Å². The topological polar surface area (TPSA) is 124 Å². The van der Waals surface area contributed by atoms with E-state index in [1.54, 1.807) is 24.3 Å². The Morgan fingerprint density at radius 2 is 2.00 bits per heavy atom. The van der Waals surface area contributed by atoms with E-state index in [1.165, 1.54) is 20.3 Å². The van der Waals surface area contributed by atoms with Gasteiger partial charge in [-0.2, -0.15) is 10.1 Å². The third-order valence-electron chi connectivity index (χ3n) is 3.50. The second-order valence-corrected chi connectivity index (χ2v) is 7.42. The van der Waals surface area contributed by atoms with Crippen molar-refractivity contribution in [3.05, 3.63) is 46.4 Å². The highest BCUT2D eigenvalue weighted by Gasteiger charge is 2.20. The molecule has 0 fully saturated rings. The molecule has 2 aromatic heterocycles. The van der Waals surface area contributed by atoms with Gasteiger partial charge in [0.2, 0.25) is 16.0 Å². The average Bonchev–Trinajstić information content (AvgIpc) is 3.02. The summed E-state index contributed by atoms with van der Waals surface area (Å²) in [7, 11) is -0.607. The van der Waals surface area contributed by atoms with E-state index in [4.69, 9.17) is 0 Å². The standard InChI is InChI=1S/C14H16N6O3S/c1-20(2)24(22,23)11-6-4-3-5-9(11)7-15-14-17-12-10(8-16-19-12)13(21)18-14/h3-6,8H,7H2,1-2H3,(H3,15,16,17,18,19,21). The molecule has 0 bridgehead atoms. The second kappa shape index (κ2) is 6.06. The molecular formula is C14H16N6O3S. The van der Waals surface area contributed by atoms with E-state index in [-0.39, 0.29) is 22.9 Å². The fraction of sp³-hybridized carbons (Fsp3) is 0.214. The Morgan fingerprint density at radius 3 is 2.75 bits per heavy atom. The summed E-state index contributed by atoms with van der Waals surface area (Å²) in [5.74, 6) is 0.230. The Hall–Kier alpha value is -2.72. The molecule has 2 heterocycles. The highest BCUT2D eigenvalue weighted by atomic mass is 32.2. The van der Waals surface area contributed by atoms with Crippen molar-refractivity contribution in [3.63, 3.8) is 0 Å². The minimum absolute atomic E-state index is 0.186. The van der Waals surface area contributed by atoms with Gasteiger partial charge in [-0.1, -0.05) is 18.2 Å². The van der Waals surface area contributed by atoms with Gasteiger partial charge in [0, 0.05) is 20.6 Å². The third-order valence-corrected chi connectivity index (χ3v) is 5.41. The minimum Gasteiger partial charge on any atom is -0.352 e. The van der Waals surface area contributed by atoms with E-state index in [0.29, 0.717) is 16.6 Å². The van der Waals surface area contributed by atoms with E-state index < -0.39 is 10.0 Å². The Morgan fingerprint density at radius 1 is 1.25 bits per heavy atom. The van der Waals surface area contributed by atoms with Crippen LogP contribution in [0.3, 0.4) is 0 Å². The lowest BCUT2D eigenvalue weighted by molar-refractivity contribution is 0.519. The van der Waals surface area contributed by atoms with Gasteiger partial charge in [-0.25, -0.2) is 12.7 Å². The number of rotatable bonds is 5. The molecule has 0 aliphatic heterocycles. The molecule has 3 N–H and O–H groups in total. The highest BCUT2D eigenvalue weighted by molar-refractivity contribution is 7.89. The number of sulfonamides is 1. The number of aromatic nitrogens is 4. The minimum atomic E-state index is -3.56. The first kappa shape index (κ1) is 16.1. The Balaban J connectivity index is 1.91. The monoisotopic (exact) mass is 348 g/mol. The molecule has 0 saturated carbocycles. The van der Waals surface area contributed by atoms with Crippen molar-refractivity contribution in [3.8, 4) is 0 Å². The van der Waals surface area contributed by atoms with Crippen molar-refractivity contribution >= 4 is 27.0 Å². The van der Waals surface area contributed by atoms with Gasteiger partial charge in [-0.3, -0.25) is 14.9 Å². The van der Waals surface area contributed by atoms with Crippen LogP contribution in [-0.2, 0) is 16.6 Å². The van der Waals surface area contributed by atoms with Crippen LogP contribution in [-0.4, -0.2) is 47.0 Å². The molecule has 10 heteroatoms. The fourth-order valence-electron chi connectivity index (χ4n) is 2.21. The molecule has 126 valence electrons. The van der Waals surface area contributed by atoms with Gasteiger partial charge in [0.15, 0.2) is 5.65 Å². The molecule has 3 aromatic rings. The number of H-pyrrole nitrogens is 2. The van der Waals surface area contributed by atoms with Crippen LogP contribution in [0.4, 0.5) is 5.95 Å². The lowest BCUT2D eigenvalue weighted by Gasteiger charge is -2.15. The number of anilines is 1. The van der Waals surface area contributed by atoms with E-state index in [9.17, 15) is 13.2 Å². The summed E-state index contributed by atoms with van der Waals surface area (Å²) in [6.45, 7) is 0.186. The normalized spacial score (nSPS) is 12.0. The molecule has 0 spiro atoms. The first-order chi connectivity index (χ1) is 11.4. The van der Waals surface area contributed by atoms with Crippen molar-refractivity contribution < 1.29 is 8.42 Å². The highest BCUT2D eigenvalue weighted by Crippen LogP contribution is 2.19. The number of nitrogens with zero attached hydrogens (tertiary/aromatic N) is 3. The van der Waals surface area contributed by atoms with E-state index in [0.717, 1.165) is 4.31 Å². The van der Waals surface area contributed by atoms with Crippen LogP contribution < -0.4 is 10.9 Å². The SMILES string of the molecule is CN(C)S(=O)(=O)c1ccccc1CNc1nc2[nH]ncc2c(=O)[nH]1. The molecule has 0 atom stereocenters. The predicted octanol–water partition coefficient (Wildman–Crippen LogP) is 0.509. The van der Waals surface area contributed by atoms with Gasteiger partial charge in [-0.15, -0.1) is 0 Å². The first-order valence-corrected chi connectivity index (χ1v) is 8.51. The Bertz CT molecular complexity index is 1040. The van der Waals surface area contributed by atoms with Crippen LogP contribution in [0.2, 0.25) is 0 Å². The zero-order chi connectivity index (χ0) is 17.3. The molecule has 0 amide bonds. The number of hydrogen-bond donors (Lipinski definition) is 3. The zero-order valence-corrected chi connectivity index (χ0v) is 13.9. The summed E-state index contributed by atoms with van der Waals surface area (Å²) >= 11 is 0. The van der Waals surface area contributed by atoms with Crippen LogP contribution in [0.5, 0.6) is 0 Å². The van der Waals surface area contributed by atoms with Gasteiger partial charge in [-0.05, 0) is 11.6 Å². The lowest BCUT2D eigenvalue weighted by Crippen LogP contribution is -2.24. The molecule has 0 radical (unpaired) electrons. The molecule has 3 rings (SSSR count). The molecule has 0 saturated heterocycles. The van der Waals surface area contributed by atoms with Crippen molar-refractivity contribution in [1.82, 2.24) is 24.5 Å². The maximum atomic E-state index is 12.4. The quantitative estimate of drug-likeness (QED) is 0.617. The number of aromatic amines is 2. The van der Waals surface area contributed by atoms with Crippen molar-refractivity contribution in [2.75, 3.05) is 19.4 Å². The molecular weight excluding hydrogens is 332 g/mol. The van der Waals surface area contributed by atoms with Crippen molar-refractivity contribution in [2.24, 2.45) is 0 Å². The Labute approximate surface area is 137 Å².